The van der Waals surface area contributed by atoms with Crippen LogP contribution in [0.2, 0.25) is 0 Å². The number of halogens is 1. The van der Waals surface area contributed by atoms with Crippen LogP contribution in [-0.2, 0) is 0 Å². The second kappa shape index (κ2) is 6.56. The smallest absolute Gasteiger partial charge is 0.266 e. The fourth-order valence-corrected chi connectivity index (χ4v) is 2.92. The van der Waals surface area contributed by atoms with E-state index in [2.05, 4.69) is 4.98 Å². The van der Waals surface area contributed by atoms with E-state index in [0.717, 1.165) is 6.07 Å². The molecule has 0 bridgehead atoms. The molecule has 3 rings (SSSR count). The van der Waals surface area contributed by atoms with Gasteiger partial charge in [0.1, 0.15) is 5.82 Å². The van der Waals surface area contributed by atoms with Crippen LogP contribution in [0.4, 0.5) is 4.39 Å². The largest absolute Gasteiger partial charge is 0.493 e. The molecule has 25 heavy (non-hydrogen) atoms. The molecule has 3 aromatic rings. The van der Waals surface area contributed by atoms with Crippen LogP contribution in [0.3, 0.4) is 0 Å². The van der Waals surface area contributed by atoms with Crippen molar-refractivity contribution in [2.75, 3.05) is 21.3 Å². The lowest BCUT2D eigenvalue weighted by Gasteiger charge is -2.15. The normalized spacial score (nSPS) is 10.7. The Morgan fingerprint density at radius 2 is 1.68 bits per heavy atom. The third kappa shape index (κ3) is 2.85. The molecule has 0 atom stereocenters. The van der Waals surface area contributed by atoms with Crippen molar-refractivity contribution in [2.24, 2.45) is 0 Å². The predicted molar refractivity (Wildman–Crippen MR) is 94.3 cm³/mol. The number of methoxy groups -OCH3 is 3. The summed E-state index contributed by atoms with van der Waals surface area (Å²) in [5, 5.41) is 0.183. The van der Waals surface area contributed by atoms with Gasteiger partial charge in [0.05, 0.1) is 37.9 Å². The molecule has 0 saturated heterocycles. The number of benzene rings is 2. The molecule has 1 N–H and O–H groups in total. The number of hydrogen-bond acceptors (Lipinski definition) is 5. The molecule has 130 valence electrons. The zero-order valence-corrected chi connectivity index (χ0v) is 14.6. The van der Waals surface area contributed by atoms with Crippen molar-refractivity contribution in [2.45, 2.75) is 0 Å². The molecule has 1 heterocycles. The van der Waals surface area contributed by atoms with Crippen molar-refractivity contribution in [3.63, 3.8) is 0 Å². The lowest BCUT2D eigenvalue weighted by molar-refractivity contribution is 0.324. The van der Waals surface area contributed by atoms with Crippen LogP contribution in [0.5, 0.6) is 17.2 Å². The molecule has 2 aromatic carbocycles. The summed E-state index contributed by atoms with van der Waals surface area (Å²) >= 11 is 5.30. The average molecular weight is 362 g/mol. The second-order valence-corrected chi connectivity index (χ2v) is 5.53. The van der Waals surface area contributed by atoms with Crippen molar-refractivity contribution in [1.82, 2.24) is 9.55 Å². The standard InChI is InChI=1S/C17H15FN2O4S/c1-22-13-7-10(8-14(23-2)15(13)24-3)20-16(21)11-6-9(18)4-5-12(11)19-17(20)25/h4-8H,1-3H3,(H,19,25). The molecule has 0 spiro atoms. The molecule has 0 aliphatic heterocycles. The Morgan fingerprint density at radius 1 is 1.04 bits per heavy atom. The highest BCUT2D eigenvalue weighted by Gasteiger charge is 2.16. The SMILES string of the molecule is COc1cc(-n2c(=S)[nH]c3ccc(F)cc3c2=O)cc(OC)c1OC. The van der Waals surface area contributed by atoms with Crippen LogP contribution in [0.25, 0.3) is 16.6 Å². The summed E-state index contributed by atoms with van der Waals surface area (Å²) in [5.41, 5.74) is 0.416. The summed E-state index contributed by atoms with van der Waals surface area (Å²) < 4.78 is 30.8. The molecular formula is C17H15FN2O4S. The summed E-state index contributed by atoms with van der Waals surface area (Å²) in [5.74, 6) is 0.630. The zero-order chi connectivity index (χ0) is 18.1. The Balaban J connectivity index is 2.37. The van der Waals surface area contributed by atoms with Crippen molar-refractivity contribution in [3.05, 3.63) is 51.3 Å². The van der Waals surface area contributed by atoms with Crippen molar-refractivity contribution in [1.29, 1.82) is 0 Å². The summed E-state index contributed by atoms with van der Waals surface area (Å²) in [7, 11) is 4.43. The van der Waals surface area contributed by atoms with Gasteiger partial charge in [-0.05, 0) is 30.4 Å². The monoisotopic (exact) mass is 362 g/mol. The summed E-state index contributed by atoms with van der Waals surface area (Å²) in [6.45, 7) is 0. The van der Waals surface area contributed by atoms with Crippen LogP contribution >= 0.6 is 12.2 Å². The quantitative estimate of drug-likeness (QED) is 0.722. The molecule has 8 heteroatoms. The average Bonchev–Trinajstić information content (AvgIpc) is 2.61. The molecule has 0 radical (unpaired) electrons. The molecule has 0 amide bonds. The van der Waals surface area contributed by atoms with E-state index in [1.807, 2.05) is 0 Å². The third-order valence-electron chi connectivity index (χ3n) is 3.77. The first-order chi connectivity index (χ1) is 12.0. The molecule has 0 aliphatic rings. The highest BCUT2D eigenvalue weighted by Crippen LogP contribution is 2.39. The lowest BCUT2D eigenvalue weighted by Crippen LogP contribution is -2.20. The Labute approximate surface area is 147 Å². The predicted octanol–water partition coefficient (Wildman–Crippen LogP) is 3.21. The first-order valence-electron chi connectivity index (χ1n) is 7.25. The molecular weight excluding hydrogens is 347 g/mol. The number of nitrogens with one attached hydrogen (secondary N) is 1. The van der Waals surface area contributed by atoms with Crippen molar-refractivity contribution in [3.8, 4) is 22.9 Å². The zero-order valence-electron chi connectivity index (χ0n) is 13.8. The maximum atomic E-state index is 13.5. The van der Waals surface area contributed by atoms with Crippen molar-refractivity contribution < 1.29 is 18.6 Å². The van der Waals surface area contributed by atoms with E-state index >= 15 is 0 Å². The second-order valence-electron chi connectivity index (χ2n) is 5.14. The molecule has 0 unspecified atom stereocenters. The molecule has 0 fully saturated rings. The number of H-pyrrole nitrogens is 1. The van der Waals surface area contributed by atoms with Gasteiger partial charge in [0.15, 0.2) is 16.3 Å². The number of aromatic nitrogens is 2. The van der Waals surface area contributed by atoms with E-state index in [1.165, 1.54) is 38.0 Å². The minimum atomic E-state index is -0.508. The number of fused-ring (bicyclic) bond motifs is 1. The molecule has 1 aromatic heterocycles. The van der Waals surface area contributed by atoms with Gasteiger partial charge in [-0.25, -0.2) is 4.39 Å². The van der Waals surface area contributed by atoms with E-state index < -0.39 is 11.4 Å². The Morgan fingerprint density at radius 3 is 2.24 bits per heavy atom. The summed E-state index contributed by atoms with van der Waals surface area (Å²) in [4.78, 5) is 15.8. The van der Waals surface area contributed by atoms with Crippen LogP contribution in [0, 0.1) is 10.6 Å². The van der Waals surface area contributed by atoms with Gasteiger partial charge in [0.25, 0.3) is 5.56 Å². The third-order valence-corrected chi connectivity index (χ3v) is 4.05. The van der Waals surface area contributed by atoms with Gasteiger partial charge in [0, 0.05) is 12.1 Å². The number of ether oxygens (including phenoxy) is 3. The number of rotatable bonds is 4. The van der Waals surface area contributed by atoms with Crippen LogP contribution in [-0.4, -0.2) is 30.9 Å². The summed E-state index contributed by atoms with van der Waals surface area (Å²) in [6.07, 6.45) is 0. The van der Waals surface area contributed by atoms with E-state index in [4.69, 9.17) is 26.4 Å². The van der Waals surface area contributed by atoms with E-state index in [0.29, 0.717) is 28.5 Å². The van der Waals surface area contributed by atoms with E-state index in [1.54, 1.807) is 12.1 Å². The minimum absolute atomic E-state index is 0.165. The van der Waals surface area contributed by atoms with Gasteiger partial charge in [-0.15, -0.1) is 0 Å². The Bertz CT molecular complexity index is 1050. The maximum Gasteiger partial charge on any atom is 0.266 e. The van der Waals surface area contributed by atoms with Crippen molar-refractivity contribution >= 4 is 23.1 Å². The molecule has 0 aliphatic carbocycles. The van der Waals surface area contributed by atoms with E-state index in [9.17, 15) is 9.18 Å². The van der Waals surface area contributed by atoms with Crippen LogP contribution < -0.4 is 19.8 Å². The number of aromatic amines is 1. The number of nitrogens with zero attached hydrogens (tertiary/aromatic N) is 1. The Hall–Kier alpha value is -2.87. The minimum Gasteiger partial charge on any atom is -0.493 e. The Kier molecular flexibility index (Phi) is 4.45. The van der Waals surface area contributed by atoms with Gasteiger partial charge in [-0.1, -0.05) is 0 Å². The van der Waals surface area contributed by atoms with Gasteiger partial charge in [0.2, 0.25) is 5.75 Å². The van der Waals surface area contributed by atoms with E-state index in [-0.39, 0.29) is 10.2 Å². The molecule has 6 nitrogen and oxygen atoms in total. The van der Waals surface area contributed by atoms with Crippen LogP contribution in [0.15, 0.2) is 35.1 Å². The maximum absolute atomic E-state index is 13.5. The lowest BCUT2D eigenvalue weighted by atomic mass is 10.2. The first kappa shape index (κ1) is 17.0. The highest BCUT2D eigenvalue weighted by molar-refractivity contribution is 7.71. The summed E-state index contributed by atoms with van der Waals surface area (Å²) in [6, 6.07) is 7.09. The fraction of sp³-hybridized carbons (Fsp3) is 0.176. The number of hydrogen-bond donors (Lipinski definition) is 1. The van der Waals surface area contributed by atoms with Gasteiger partial charge >= 0.3 is 0 Å². The van der Waals surface area contributed by atoms with Gasteiger partial charge < -0.3 is 19.2 Å². The molecule has 0 saturated carbocycles. The van der Waals surface area contributed by atoms with Gasteiger partial charge in [-0.3, -0.25) is 9.36 Å². The topological polar surface area (TPSA) is 65.5 Å². The van der Waals surface area contributed by atoms with Crippen LogP contribution in [0.1, 0.15) is 0 Å². The van der Waals surface area contributed by atoms with Gasteiger partial charge in [-0.2, -0.15) is 0 Å². The highest BCUT2D eigenvalue weighted by atomic mass is 32.1. The first-order valence-corrected chi connectivity index (χ1v) is 7.66. The fourth-order valence-electron chi connectivity index (χ4n) is 2.62.